The van der Waals surface area contributed by atoms with Gasteiger partial charge in [-0.2, -0.15) is 0 Å². The van der Waals surface area contributed by atoms with Gasteiger partial charge in [-0.05, 0) is 24.6 Å². The number of hydrogen-bond acceptors (Lipinski definition) is 3. The Morgan fingerprint density at radius 3 is 2.86 bits per heavy atom. The monoisotopic (exact) mass is 308 g/mol. The van der Waals surface area contributed by atoms with E-state index in [0.29, 0.717) is 11.4 Å². The minimum absolute atomic E-state index is 0.268. The maximum Gasteiger partial charge on any atom is 0.328 e. The van der Waals surface area contributed by atoms with Gasteiger partial charge in [0.2, 0.25) is 5.91 Å². The molecule has 112 valence electrons. The SMILES string of the molecule is CCOC(=O)[C@H](Cc1c[nH]c2cc(Cl)ccc12)NC(C)=O. The Morgan fingerprint density at radius 1 is 1.43 bits per heavy atom. The van der Waals surface area contributed by atoms with Crippen LogP contribution in [0, 0.1) is 0 Å². The van der Waals surface area contributed by atoms with Crippen molar-refractivity contribution in [3.63, 3.8) is 0 Å². The van der Waals surface area contributed by atoms with E-state index in [0.717, 1.165) is 16.5 Å². The van der Waals surface area contributed by atoms with Crippen LogP contribution in [0.15, 0.2) is 24.4 Å². The number of aromatic nitrogens is 1. The van der Waals surface area contributed by atoms with Gasteiger partial charge >= 0.3 is 5.97 Å². The van der Waals surface area contributed by atoms with E-state index in [1.165, 1.54) is 6.92 Å². The van der Waals surface area contributed by atoms with Crippen molar-refractivity contribution in [3.05, 3.63) is 35.0 Å². The fourth-order valence-corrected chi connectivity index (χ4v) is 2.40. The number of aromatic amines is 1. The number of nitrogens with one attached hydrogen (secondary N) is 2. The zero-order chi connectivity index (χ0) is 15.4. The average molecular weight is 309 g/mol. The minimum Gasteiger partial charge on any atom is -0.464 e. The highest BCUT2D eigenvalue weighted by molar-refractivity contribution is 6.31. The summed E-state index contributed by atoms with van der Waals surface area (Å²) in [6.45, 7) is 3.38. The summed E-state index contributed by atoms with van der Waals surface area (Å²) in [6, 6.07) is 4.80. The van der Waals surface area contributed by atoms with Crippen LogP contribution in [0.4, 0.5) is 0 Å². The maximum atomic E-state index is 11.9. The molecule has 0 radical (unpaired) electrons. The molecule has 21 heavy (non-hydrogen) atoms. The van der Waals surface area contributed by atoms with Gasteiger partial charge in [-0.3, -0.25) is 4.79 Å². The normalized spacial score (nSPS) is 12.1. The lowest BCUT2D eigenvalue weighted by atomic mass is 10.0. The number of H-pyrrole nitrogens is 1. The van der Waals surface area contributed by atoms with Gasteiger partial charge in [-0.15, -0.1) is 0 Å². The third-order valence-corrected chi connectivity index (χ3v) is 3.34. The molecule has 0 unspecified atom stereocenters. The molecule has 1 aromatic carbocycles. The second-order valence-corrected chi connectivity index (χ2v) is 5.15. The molecule has 2 N–H and O–H groups in total. The molecule has 5 nitrogen and oxygen atoms in total. The molecule has 0 aliphatic heterocycles. The van der Waals surface area contributed by atoms with Crippen molar-refractivity contribution < 1.29 is 14.3 Å². The molecule has 0 saturated heterocycles. The molecule has 0 saturated carbocycles. The summed E-state index contributed by atoms with van der Waals surface area (Å²) in [6.07, 6.45) is 2.18. The highest BCUT2D eigenvalue weighted by Crippen LogP contribution is 2.23. The van der Waals surface area contributed by atoms with Crippen molar-refractivity contribution in [2.45, 2.75) is 26.3 Å². The highest BCUT2D eigenvalue weighted by Gasteiger charge is 2.22. The average Bonchev–Trinajstić information content (AvgIpc) is 2.80. The molecule has 0 aliphatic rings. The van der Waals surface area contributed by atoms with E-state index in [9.17, 15) is 9.59 Å². The first-order chi connectivity index (χ1) is 10.0. The van der Waals surface area contributed by atoms with Crippen LogP contribution in [0.1, 0.15) is 19.4 Å². The Bertz CT molecular complexity index is 666. The summed E-state index contributed by atoms with van der Waals surface area (Å²) in [5.74, 6) is -0.702. The standard InChI is InChI=1S/C15H17ClN2O3/c1-3-21-15(20)14(18-9(2)19)6-10-8-17-13-7-11(16)4-5-12(10)13/h4-5,7-8,14,17H,3,6H2,1-2H3,(H,18,19)/t14-/m0/s1. The second kappa shape index (κ2) is 6.63. The Kier molecular flexibility index (Phi) is 4.85. The van der Waals surface area contributed by atoms with Crippen LogP contribution < -0.4 is 5.32 Å². The van der Waals surface area contributed by atoms with E-state index >= 15 is 0 Å². The molecular formula is C15H17ClN2O3. The number of fused-ring (bicyclic) bond motifs is 1. The molecule has 1 atom stereocenters. The van der Waals surface area contributed by atoms with E-state index < -0.39 is 12.0 Å². The van der Waals surface area contributed by atoms with E-state index in [-0.39, 0.29) is 12.5 Å². The second-order valence-electron chi connectivity index (χ2n) is 4.71. The lowest BCUT2D eigenvalue weighted by molar-refractivity contribution is -0.147. The number of ether oxygens (including phenoxy) is 1. The van der Waals surface area contributed by atoms with Crippen molar-refractivity contribution >= 4 is 34.4 Å². The number of carbonyl (C=O) groups excluding carboxylic acids is 2. The Hall–Kier alpha value is -2.01. The summed E-state index contributed by atoms with van der Waals surface area (Å²) in [4.78, 5) is 26.3. The van der Waals surface area contributed by atoms with Crippen LogP contribution >= 0.6 is 11.6 Å². The number of hydrogen-bond donors (Lipinski definition) is 2. The largest absolute Gasteiger partial charge is 0.464 e. The predicted octanol–water partition coefficient (Wildman–Crippen LogP) is 2.43. The third kappa shape index (κ3) is 3.76. The van der Waals surface area contributed by atoms with E-state index in [4.69, 9.17) is 16.3 Å². The molecule has 0 aliphatic carbocycles. The van der Waals surface area contributed by atoms with E-state index in [1.54, 1.807) is 13.0 Å². The Balaban J connectivity index is 2.25. The molecule has 0 bridgehead atoms. The van der Waals surface area contributed by atoms with Crippen molar-refractivity contribution in [2.24, 2.45) is 0 Å². The van der Waals surface area contributed by atoms with Gasteiger partial charge < -0.3 is 15.0 Å². The fraction of sp³-hybridized carbons (Fsp3) is 0.333. The molecule has 0 fully saturated rings. The minimum atomic E-state index is -0.697. The Morgan fingerprint density at radius 2 is 2.19 bits per heavy atom. The molecule has 1 amide bonds. The van der Waals surface area contributed by atoms with Gasteiger partial charge in [0, 0.05) is 35.5 Å². The van der Waals surface area contributed by atoms with Crippen LogP contribution in [0.2, 0.25) is 5.02 Å². The van der Waals surface area contributed by atoms with Crippen molar-refractivity contribution in [1.29, 1.82) is 0 Å². The van der Waals surface area contributed by atoms with Gasteiger partial charge in [0.15, 0.2) is 0 Å². The lowest BCUT2D eigenvalue weighted by Crippen LogP contribution is -2.42. The van der Waals surface area contributed by atoms with Crippen molar-refractivity contribution in [2.75, 3.05) is 6.61 Å². The summed E-state index contributed by atoms with van der Waals surface area (Å²) < 4.78 is 5.00. The highest BCUT2D eigenvalue weighted by atomic mass is 35.5. The van der Waals surface area contributed by atoms with Crippen LogP contribution in [0.5, 0.6) is 0 Å². The van der Waals surface area contributed by atoms with Gasteiger partial charge in [-0.1, -0.05) is 17.7 Å². The lowest BCUT2D eigenvalue weighted by Gasteiger charge is -2.15. The first kappa shape index (κ1) is 15.4. The van der Waals surface area contributed by atoms with Crippen LogP contribution in [0.3, 0.4) is 0 Å². The first-order valence-corrected chi connectivity index (χ1v) is 7.08. The Labute approximate surface area is 127 Å². The van der Waals surface area contributed by atoms with Crippen molar-refractivity contribution in [1.82, 2.24) is 10.3 Å². The van der Waals surface area contributed by atoms with Gasteiger partial charge in [0.05, 0.1) is 6.61 Å². The number of benzene rings is 1. The summed E-state index contributed by atoms with van der Waals surface area (Å²) in [5, 5.41) is 4.24. The van der Waals surface area contributed by atoms with E-state index in [2.05, 4.69) is 10.3 Å². The topological polar surface area (TPSA) is 71.2 Å². The molecule has 6 heteroatoms. The van der Waals surface area contributed by atoms with Crippen molar-refractivity contribution in [3.8, 4) is 0 Å². The molecule has 1 aromatic heterocycles. The summed E-state index contributed by atoms with van der Waals surface area (Å²) in [5.41, 5.74) is 1.82. The summed E-state index contributed by atoms with van der Waals surface area (Å²) in [7, 11) is 0. The number of esters is 1. The maximum absolute atomic E-state index is 11.9. The molecule has 1 heterocycles. The molecular weight excluding hydrogens is 292 g/mol. The van der Waals surface area contributed by atoms with Crippen LogP contribution in [0.25, 0.3) is 10.9 Å². The predicted molar refractivity (Wildman–Crippen MR) is 81.3 cm³/mol. The van der Waals surface area contributed by atoms with Gasteiger partial charge in [0.1, 0.15) is 6.04 Å². The summed E-state index contributed by atoms with van der Waals surface area (Å²) >= 11 is 5.94. The fourth-order valence-electron chi connectivity index (χ4n) is 2.23. The smallest absolute Gasteiger partial charge is 0.328 e. The quantitative estimate of drug-likeness (QED) is 0.833. The molecule has 0 spiro atoms. The number of rotatable bonds is 5. The van der Waals surface area contributed by atoms with E-state index in [1.807, 2.05) is 18.3 Å². The number of carbonyl (C=O) groups is 2. The van der Waals surface area contributed by atoms with Crippen LogP contribution in [-0.4, -0.2) is 29.5 Å². The van der Waals surface area contributed by atoms with Crippen LogP contribution in [-0.2, 0) is 20.7 Å². The van der Waals surface area contributed by atoms with Gasteiger partial charge in [-0.25, -0.2) is 4.79 Å². The zero-order valence-corrected chi connectivity index (χ0v) is 12.7. The molecule has 2 aromatic rings. The zero-order valence-electron chi connectivity index (χ0n) is 11.9. The number of halogens is 1. The molecule has 2 rings (SSSR count). The first-order valence-electron chi connectivity index (χ1n) is 6.70. The third-order valence-electron chi connectivity index (χ3n) is 3.10. The van der Waals surface area contributed by atoms with Gasteiger partial charge in [0.25, 0.3) is 0 Å². The number of amides is 1.